The van der Waals surface area contributed by atoms with Gasteiger partial charge in [0.15, 0.2) is 0 Å². The van der Waals surface area contributed by atoms with Crippen molar-refractivity contribution >= 4 is 5.91 Å². The van der Waals surface area contributed by atoms with E-state index >= 15 is 0 Å². The Bertz CT molecular complexity index is 572. The first-order valence-corrected chi connectivity index (χ1v) is 7.13. The Labute approximate surface area is 120 Å². The van der Waals surface area contributed by atoms with E-state index in [1.54, 1.807) is 0 Å². The normalized spacial score (nSPS) is 10.6. The molecule has 1 aromatic heterocycles. The molecule has 1 amide bonds. The molecule has 0 saturated carbocycles. The fourth-order valence-electron chi connectivity index (χ4n) is 2.52. The van der Waals surface area contributed by atoms with E-state index < -0.39 is 0 Å². The van der Waals surface area contributed by atoms with Crippen LogP contribution in [0.15, 0.2) is 36.4 Å². The number of hydrogen-bond acceptors (Lipinski definition) is 1. The highest BCUT2D eigenvalue weighted by Gasteiger charge is 2.12. The molecule has 0 fully saturated rings. The molecule has 3 nitrogen and oxygen atoms in total. The molecule has 0 N–H and O–H groups in total. The predicted octanol–water partition coefficient (Wildman–Crippen LogP) is 3.58. The van der Waals surface area contributed by atoms with Crippen LogP contribution in [0, 0.1) is 13.8 Å². The first kappa shape index (κ1) is 14.4. The number of carbonyl (C=O) groups is 1. The molecule has 0 atom stereocenters. The van der Waals surface area contributed by atoms with Crippen molar-refractivity contribution in [1.29, 1.82) is 0 Å². The van der Waals surface area contributed by atoms with E-state index in [-0.39, 0.29) is 5.91 Å². The van der Waals surface area contributed by atoms with Crippen LogP contribution >= 0.6 is 0 Å². The average molecular weight is 270 g/mol. The van der Waals surface area contributed by atoms with Gasteiger partial charge in [-0.25, -0.2) is 0 Å². The van der Waals surface area contributed by atoms with Crippen LogP contribution < -0.4 is 0 Å². The molecule has 2 aromatic rings. The van der Waals surface area contributed by atoms with E-state index in [0.717, 1.165) is 24.3 Å². The maximum absolute atomic E-state index is 12.3. The molecule has 0 aliphatic carbocycles. The lowest BCUT2D eigenvalue weighted by Crippen LogP contribution is -2.30. The van der Waals surface area contributed by atoms with E-state index in [2.05, 4.69) is 30.5 Å². The van der Waals surface area contributed by atoms with Crippen LogP contribution in [0.1, 0.15) is 35.6 Å². The van der Waals surface area contributed by atoms with E-state index in [9.17, 15) is 4.79 Å². The molecule has 3 heteroatoms. The minimum atomic E-state index is 0.0995. The fourth-order valence-corrected chi connectivity index (χ4v) is 2.52. The molecule has 0 bridgehead atoms. The lowest BCUT2D eigenvalue weighted by molar-refractivity contribution is 0.0773. The first-order chi connectivity index (χ1) is 9.58. The Kier molecular flexibility index (Phi) is 4.28. The molecule has 0 saturated heterocycles. The minimum absolute atomic E-state index is 0.0995. The quantitative estimate of drug-likeness (QED) is 0.833. The van der Waals surface area contributed by atoms with Crippen molar-refractivity contribution in [3.8, 4) is 5.69 Å². The predicted molar refractivity (Wildman–Crippen MR) is 82.5 cm³/mol. The standard InChI is InChI=1S/C17H22N2O/c1-5-18(6-2)17(20)15-9-11-16(12-10-15)19-13(3)7-8-14(19)4/h7-12H,5-6H2,1-4H3. The van der Waals surface area contributed by atoms with Gasteiger partial charge >= 0.3 is 0 Å². The van der Waals surface area contributed by atoms with Crippen molar-refractivity contribution < 1.29 is 4.79 Å². The second kappa shape index (κ2) is 5.95. The van der Waals surface area contributed by atoms with Crippen molar-refractivity contribution in [3.63, 3.8) is 0 Å². The molecule has 2 rings (SSSR count). The monoisotopic (exact) mass is 270 g/mol. The minimum Gasteiger partial charge on any atom is -0.339 e. The second-order valence-electron chi connectivity index (χ2n) is 4.98. The highest BCUT2D eigenvalue weighted by atomic mass is 16.2. The zero-order valence-electron chi connectivity index (χ0n) is 12.7. The van der Waals surface area contributed by atoms with Crippen LogP contribution in [0.3, 0.4) is 0 Å². The summed E-state index contributed by atoms with van der Waals surface area (Å²) >= 11 is 0. The molecule has 1 heterocycles. The second-order valence-corrected chi connectivity index (χ2v) is 4.98. The van der Waals surface area contributed by atoms with Crippen molar-refractivity contribution in [3.05, 3.63) is 53.3 Å². The smallest absolute Gasteiger partial charge is 0.253 e. The molecule has 0 aliphatic rings. The number of carbonyl (C=O) groups excluding carboxylic acids is 1. The summed E-state index contributed by atoms with van der Waals surface area (Å²) < 4.78 is 2.19. The van der Waals surface area contributed by atoms with Crippen LogP contribution in [0.2, 0.25) is 0 Å². The number of aryl methyl sites for hydroxylation is 2. The summed E-state index contributed by atoms with van der Waals surface area (Å²) in [5, 5.41) is 0. The lowest BCUT2D eigenvalue weighted by Gasteiger charge is -2.19. The van der Waals surface area contributed by atoms with Gasteiger partial charge in [0.05, 0.1) is 0 Å². The van der Waals surface area contributed by atoms with Gasteiger partial charge in [0.2, 0.25) is 0 Å². The van der Waals surface area contributed by atoms with Gasteiger partial charge in [-0.05, 0) is 64.1 Å². The molecule has 1 aromatic carbocycles. The SMILES string of the molecule is CCN(CC)C(=O)c1ccc(-n2c(C)ccc2C)cc1. The van der Waals surface area contributed by atoms with Crippen molar-refractivity contribution in [1.82, 2.24) is 9.47 Å². The Morgan fingerprint density at radius 3 is 1.90 bits per heavy atom. The highest BCUT2D eigenvalue weighted by molar-refractivity contribution is 5.94. The summed E-state index contributed by atoms with van der Waals surface area (Å²) in [4.78, 5) is 14.1. The number of nitrogens with zero attached hydrogens (tertiary/aromatic N) is 2. The number of amides is 1. The third-order valence-corrected chi connectivity index (χ3v) is 3.69. The van der Waals surface area contributed by atoms with E-state index in [4.69, 9.17) is 0 Å². The van der Waals surface area contributed by atoms with E-state index in [1.807, 2.05) is 43.0 Å². The van der Waals surface area contributed by atoms with Crippen LogP contribution in [-0.4, -0.2) is 28.5 Å². The number of aromatic nitrogens is 1. The molecule has 106 valence electrons. The summed E-state index contributed by atoms with van der Waals surface area (Å²) in [5.41, 5.74) is 4.25. The van der Waals surface area contributed by atoms with Gasteiger partial charge in [-0.15, -0.1) is 0 Å². The van der Waals surface area contributed by atoms with Crippen LogP contribution in [0.4, 0.5) is 0 Å². The first-order valence-electron chi connectivity index (χ1n) is 7.13. The fraction of sp³-hybridized carbons (Fsp3) is 0.353. The third-order valence-electron chi connectivity index (χ3n) is 3.69. The molecule has 0 aliphatic heterocycles. The van der Waals surface area contributed by atoms with Gasteiger partial charge in [-0.2, -0.15) is 0 Å². The zero-order chi connectivity index (χ0) is 14.7. The molecule has 20 heavy (non-hydrogen) atoms. The molecule has 0 radical (unpaired) electrons. The molecular formula is C17H22N2O. The maximum Gasteiger partial charge on any atom is 0.253 e. The van der Waals surface area contributed by atoms with E-state index in [1.165, 1.54) is 11.4 Å². The number of rotatable bonds is 4. The summed E-state index contributed by atoms with van der Waals surface area (Å²) in [5.74, 6) is 0.0995. The van der Waals surface area contributed by atoms with Crippen LogP contribution in [-0.2, 0) is 0 Å². The van der Waals surface area contributed by atoms with Crippen molar-refractivity contribution in [2.75, 3.05) is 13.1 Å². The Morgan fingerprint density at radius 2 is 1.45 bits per heavy atom. The number of benzene rings is 1. The Hall–Kier alpha value is -2.03. The molecular weight excluding hydrogens is 248 g/mol. The van der Waals surface area contributed by atoms with Crippen LogP contribution in [0.25, 0.3) is 5.69 Å². The zero-order valence-corrected chi connectivity index (χ0v) is 12.7. The van der Waals surface area contributed by atoms with Gasteiger partial charge < -0.3 is 9.47 Å². The molecule has 0 spiro atoms. The van der Waals surface area contributed by atoms with Crippen molar-refractivity contribution in [2.24, 2.45) is 0 Å². The Morgan fingerprint density at radius 1 is 0.950 bits per heavy atom. The van der Waals surface area contributed by atoms with Gasteiger partial charge in [0.1, 0.15) is 0 Å². The number of hydrogen-bond donors (Lipinski definition) is 0. The lowest BCUT2D eigenvalue weighted by atomic mass is 10.1. The maximum atomic E-state index is 12.3. The summed E-state index contributed by atoms with van der Waals surface area (Å²) in [6.07, 6.45) is 0. The largest absolute Gasteiger partial charge is 0.339 e. The van der Waals surface area contributed by atoms with Gasteiger partial charge in [-0.3, -0.25) is 4.79 Å². The third kappa shape index (κ3) is 2.62. The van der Waals surface area contributed by atoms with Crippen LogP contribution in [0.5, 0.6) is 0 Å². The van der Waals surface area contributed by atoms with Gasteiger partial charge in [-0.1, -0.05) is 0 Å². The highest BCUT2D eigenvalue weighted by Crippen LogP contribution is 2.17. The summed E-state index contributed by atoms with van der Waals surface area (Å²) in [6, 6.07) is 12.0. The van der Waals surface area contributed by atoms with E-state index in [0.29, 0.717) is 0 Å². The van der Waals surface area contributed by atoms with Gasteiger partial charge in [0, 0.05) is 35.7 Å². The summed E-state index contributed by atoms with van der Waals surface area (Å²) in [7, 11) is 0. The van der Waals surface area contributed by atoms with Gasteiger partial charge in [0.25, 0.3) is 5.91 Å². The topological polar surface area (TPSA) is 25.2 Å². The summed E-state index contributed by atoms with van der Waals surface area (Å²) in [6.45, 7) is 9.66. The van der Waals surface area contributed by atoms with Crippen molar-refractivity contribution in [2.45, 2.75) is 27.7 Å². The average Bonchev–Trinajstić information content (AvgIpc) is 2.79. The Balaban J connectivity index is 2.29. The molecule has 0 unspecified atom stereocenters.